The van der Waals surface area contributed by atoms with Crippen molar-refractivity contribution in [2.75, 3.05) is 20.1 Å². The summed E-state index contributed by atoms with van der Waals surface area (Å²) in [6.45, 7) is 2.38. The number of carbonyl (C=O) groups is 3. The van der Waals surface area contributed by atoms with Crippen molar-refractivity contribution in [3.05, 3.63) is 46.0 Å². The Labute approximate surface area is 198 Å². The molecule has 0 aromatic heterocycles. The first kappa shape index (κ1) is 26.2. The Balaban J connectivity index is 0.000000390. The number of carbonyl (C=O) groups excluding carboxylic acids is 1. The Hall–Kier alpha value is -2.09. The van der Waals surface area contributed by atoms with Crippen LogP contribution in [0.4, 0.5) is 0 Å². The Morgan fingerprint density at radius 3 is 2.16 bits per heavy atom. The molecule has 7 nitrogen and oxygen atoms in total. The van der Waals surface area contributed by atoms with E-state index in [9.17, 15) is 14.4 Å². The van der Waals surface area contributed by atoms with Gasteiger partial charge in [0.15, 0.2) is 0 Å². The number of likely N-dealkylation sites (N-methyl/N-ethyl adjacent to an activating group) is 1. The van der Waals surface area contributed by atoms with Gasteiger partial charge in [-0.3, -0.25) is 9.69 Å². The third kappa shape index (κ3) is 8.11. The van der Waals surface area contributed by atoms with Crippen molar-refractivity contribution in [2.45, 2.75) is 57.0 Å². The zero-order valence-corrected chi connectivity index (χ0v) is 19.7. The van der Waals surface area contributed by atoms with Crippen LogP contribution >= 0.6 is 23.2 Å². The van der Waals surface area contributed by atoms with Gasteiger partial charge in [0, 0.05) is 31.3 Å². The molecule has 1 saturated heterocycles. The van der Waals surface area contributed by atoms with E-state index >= 15 is 0 Å². The molecule has 1 amide bonds. The lowest BCUT2D eigenvalue weighted by molar-refractivity contribution is -0.134. The molecule has 2 atom stereocenters. The van der Waals surface area contributed by atoms with E-state index in [1.54, 1.807) is 12.1 Å². The second-order valence-electron chi connectivity index (χ2n) is 8.10. The average molecular weight is 485 g/mol. The average Bonchev–Trinajstić information content (AvgIpc) is 3.29. The van der Waals surface area contributed by atoms with Gasteiger partial charge in [-0.2, -0.15) is 0 Å². The lowest BCUT2D eigenvalue weighted by Gasteiger charge is -2.42. The molecule has 0 bridgehead atoms. The standard InChI is InChI=1S/C19H26Cl2N2O.C4H4O4/c1-22(19(24)13-14-8-9-15(20)16(21)12-14)17-6-2-3-7-18(17)23-10-4-5-11-23;5-3(6)1-2-4(7)8/h8-9,12,17-18H,2-7,10-11,13H2,1H3;1-2H,(H,5,6)(H,7,8)/b;2-1-. The van der Waals surface area contributed by atoms with Crippen LogP contribution in [0.5, 0.6) is 0 Å². The van der Waals surface area contributed by atoms with Crippen molar-refractivity contribution < 1.29 is 24.6 Å². The summed E-state index contributed by atoms with van der Waals surface area (Å²) in [6.07, 6.45) is 8.93. The number of benzene rings is 1. The van der Waals surface area contributed by atoms with Crippen molar-refractivity contribution in [3.63, 3.8) is 0 Å². The zero-order chi connectivity index (χ0) is 23.7. The first-order chi connectivity index (χ1) is 15.2. The second-order valence-corrected chi connectivity index (χ2v) is 8.92. The summed E-state index contributed by atoms with van der Waals surface area (Å²) >= 11 is 12.0. The van der Waals surface area contributed by atoms with Gasteiger partial charge in [0.2, 0.25) is 5.91 Å². The Morgan fingerprint density at radius 1 is 1.00 bits per heavy atom. The third-order valence-electron chi connectivity index (χ3n) is 5.90. The lowest BCUT2D eigenvalue weighted by Crippen LogP contribution is -2.53. The minimum atomic E-state index is -1.26. The molecule has 0 spiro atoms. The number of amides is 1. The number of likely N-dealkylation sites (tertiary alicyclic amines) is 1. The van der Waals surface area contributed by atoms with Crippen molar-refractivity contribution >= 4 is 41.0 Å². The van der Waals surface area contributed by atoms with E-state index in [0.29, 0.717) is 40.7 Å². The Morgan fingerprint density at radius 2 is 1.59 bits per heavy atom. The normalized spacial score (nSPS) is 21.1. The maximum atomic E-state index is 12.8. The van der Waals surface area contributed by atoms with Crippen LogP contribution in [0.15, 0.2) is 30.4 Å². The number of carboxylic acids is 2. The van der Waals surface area contributed by atoms with Gasteiger partial charge in [-0.1, -0.05) is 42.1 Å². The van der Waals surface area contributed by atoms with Crippen LogP contribution in [0.3, 0.4) is 0 Å². The molecular formula is C23H30Cl2N2O5. The first-order valence-corrected chi connectivity index (χ1v) is 11.5. The fraction of sp³-hybridized carbons (Fsp3) is 0.522. The highest BCUT2D eigenvalue weighted by Crippen LogP contribution is 2.29. The third-order valence-corrected chi connectivity index (χ3v) is 6.64. The number of hydrogen-bond acceptors (Lipinski definition) is 4. The summed E-state index contributed by atoms with van der Waals surface area (Å²) in [7, 11) is 1.97. The molecule has 9 heteroatoms. The van der Waals surface area contributed by atoms with Crippen molar-refractivity contribution in [1.82, 2.24) is 9.80 Å². The van der Waals surface area contributed by atoms with Gasteiger partial charge in [-0.15, -0.1) is 0 Å². The van der Waals surface area contributed by atoms with Gasteiger partial charge < -0.3 is 15.1 Å². The Kier molecular flexibility index (Phi) is 10.5. The van der Waals surface area contributed by atoms with Crippen LogP contribution in [-0.4, -0.2) is 70.1 Å². The van der Waals surface area contributed by atoms with E-state index < -0.39 is 11.9 Å². The maximum absolute atomic E-state index is 12.8. The van der Waals surface area contributed by atoms with E-state index in [2.05, 4.69) is 4.90 Å². The van der Waals surface area contributed by atoms with E-state index in [-0.39, 0.29) is 5.91 Å². The molecule has 2 aliphatic rings. The SMILES string of the molecule is CN(C(=O)Cc1ccc(Cl)c(Cl)c1)C1CCCCC1N1CCCC1.O=C(O)/C=C\C(=O)O. The molecule has 176 valence electrons. The first-order valence-electron chi connectivity index (χ1n) is 10.8. The lowest BCUT2D eigenvalue weighted by atomic mass is 9.88. The molecule has 1 aliphatic carbocycles. The highest BCUT2D eigenvalue weighted by atomic mass is 35.5. The summed E-state index contributed by atoms with van der Waals surface area (Å²) in [4.78, 5) is 36.5. The van der Waals surface area contributed by atoms with Crippen LogP contribution in [0, 0.1) is 0 Å². The van der Waals surface area contributed by atoms with Crippen molar-refractivity contribution in [2.24, 2.45) is 0 Å². The smallest absolute Gasteiger partial charge is 0.328 e. The maximum Gasteiger partial charge on any atom is 0.328 e. The van der Waals surface area contributed by atoms with Crippen LogP contribution in [0.2, 0.25) is 10.0 Å². The number of nitrogens with zero attached hydrogens (tertiary/aromatic N) is 2. The summed E-state index contributed by atoms with van der Waals surface area (Å²) < 4.78 is 0. The molecule has 2 unspecified atom stereocenters. The number of hydrogen-bond donors (Lipinski definition) is 2. The van der Waals surface area contributed by atoms with Crippen LogP contribution in [0.1, 0.15) is 44.1 Å². The predicted octanol–water partition coefficient (Wildman–Crippen LogP) is 4.11. The van der Waals surface area contributed by atoms with Crippen LogP contribution in [-0.2, 0) is 20.8 Å². The molecule has 1 heterocycles. The van der Waals surface area contributed by atoms with Gasteiger partial charge in [-0.25, -0.2) is 9.59 Å². The van der Waals surface area contributed by atoms with Gasteiger partial charge in [0.25, 0.3) is 0 Å². The summed E-state index contributed by atoms with van der Waals surface area (Å²) in [6, 6.07) is 6.32. The summed E-state index contributed by atoms with van der Waals surface area (Å²) in [5.74, 6) is -2.34. The minimum absolute atomic E-state index is 0.171. The van der Waals surface area contributed by atoms with Gasteiger partial charge >= 0.3 is 11.9 Å². The van der Waals surface area contributed by atoms with Crippen molar-refractivity contribution in [3.8, 4) is 0 Å². The van der Waals surface area contributed by atoms with Crippen LogP contribution in [0.25, 0.3) is 0 Å². The van der Waals surface area contributed by atoms with Crippen molar-refractivity contribution in [1.29, 1.82) is 0 Å². The molecular weight excluding hydrogens is 455 g/mol. The highest BCUT2D eigenvalue weighted by Gasteiger charge is 2.35. The number of rotatable bonds is 6. The molecule has 1 aliphatic heterocycles. The van der Waals surface area contributed by atoms with Gasteiger partial charge in [0.1, 0.15) is 0 Å². The number of aliphatic carboxylic acids is 2. The number of halogens is 2. The van der Waals surface area contributed by atoms with Gasteiger partial charge in [0.05, 0.1) is 16.5 Å². The van der Waals surface area contributed by atoms with Crippen LogP contribution < -0.4 is 0 Å². The molecule has 0 radical (unpaired) electrons. The molecule has 32 heavy (non-hydrogen) atoms. The second kappa shape index (κ2) is 12.8. The predicted molar refractivity (Wildman–Crippen MR) is 124 cm³/mol. The molecule has 1 aromatic carbocycles. The highest BCUT2D eigenvalue weighted by molar-refractivity contribution is 6.42. The molecule has 2 N–H and O–H groups in total. The zero-order valence-electron chi connectivity index (χ0n) is 18.2. The topological polar surface area (TPSA) is 98.2 Å². The molecule has 1 aromatic rings. The summed E-state index contributed by atoms with van der Waals surface area (Å²) in [5, 5.41) is 16.7. The van der Waals surface area contributed by atoms with E-state index in [1.807, 2.05) is 18.0 Å². The van der Waals surface area contributed by atoms with E-state index in [0.717, 1.165) is 12.0 Å². The number of carboxylic acid groups (broad SMARTS) is 2. The molecule has 3 rings (SSSR count). The minimum Gasteiger partial charge on any atom is -0.478 e. The quantitative estimate of drug-likeness (QED) is 0.589. The fourth-order valence-corrected chi connectivity index (χ4v) is 4.64. The van der Waals surface area contributed by atoms with E-state index in [1.165, 1.54) is 45.2 Å². The monoisotopic (exact) mass is 484 g/mol. The largest absolute Gasteiger partial charge is 0.478 e. The Bertz CT molecular complexity index is 824. The summed E-state index contributed by atoms with van der Waals surface area (Å²) in [5.41, 5.74) is 0.926. The molecule has 1 saturated carbocycles. The molecule has 2 fully saturated rings. The van der Waals surface area contributed by atoms with E-state index in [4.69, 9.17) is 33.4 Å². The van der Waals surface area contributed by atoms with Gasteiger partial charge in [-0.05, 0) is 56.5 Å². The fourth-order valence-electron chi connectivity index (χ4n) is 4.32.